The van der Waals surface area contributed by atoms with Crippen LogP contribution in [0.2, 0.25) is 0 Å². The van der Waals surface area contributed by atoms with Crippen molar-refractivity contribution in [2.75, 3.05) is 6.54 Å². The number of carboxylic acids is 1. The van der Waals surface area contributed by atoms with Crippen molar-refractivity contribution < 1.29 is 14.7 Å². The van der Waals surface area contributed by atoms with Gasteiger partial charge in [-0.05, 0) is 65.2 Å². The van der Waals surface area contributed by atoms with Crippen molar-refractivity contribution in [3.8, 4) is 0 Å². The molecular weight excluding hydrogens is 362 g/mol. The quantitative estimate of drug-likeness (QED) is 0.245. The Labute approximate surface area is 178 Å². The molecule has 1 unspecified atom stereocenters. The van der Waals surface area contributed by atoms with Crippen molar-refractivity contribution in [1.82, 2.24) is 4.90 Å². The Bertz CT molecular complexity index is 550. The Balaban J connectivity index is 2.04. The SMILES string of the molecule is CCCCC/C(C)=C(/C)C/C=C\CCCCCCCC(=O)N1CCCC1C(=O)O. The zero-order chi connectivity index (χ0) is 21.5. The molecule has 0 aliphatic carbocycles. The Morgan fingerprint density at radius 1 is 0.931 bits per heavy atom. The number of likely N-dealkylation sites (tertiary alicyclic amines) is 1. The van der Waals surface area contributed by atoms with E-state index in [1.165, 1.54) is 44.1 Å². The molecule has 166 valence electrons. The van der Waals surface area contributed by atoms with Gasteiger partial charge in [0.1, 0.15) is 6.04 Å². The number of carbonyl (C=O) groups is 2. The van der Waals surface area contributed by atoms with Crippen molar-refractivity contribution >= 4 is 11.9 Å². The number of amides is 1. The second-order valence-electron chi connectivity index (χ2n) is 8.58. The number of unbranched alkanes of at least 4 members (excludes halogenated alkanes) is 7. The Morgan fingerprint density at radius 2 is 1.62 bits per heavy atom. The van der Waals surface area contributed by atoms with E-state index in [0.29, 0.717) is 19.4 Å². The molecule has 0 bridgehead atoms. The van der Waals surface area contributed by atoms with Gasteiger partial charge in [-0.25, -0.2) is 4.79 Å². The standard InChI is InChI=1S/C25H43NO3/c1-4-5-12-16-21(2)22(3)17-13-10-8-6-7-9-11-14-19-24(27)26-20-15-18-23(26)25(28)29/h10,13,23H,4-9,11-12,14-20H2,1-3H3,(H,28,29)/b13-10-,22-21-. The van der Waals surface area contributed by atoms with Crippen LogP contribution in [0.5, 0.6) is 0 Å². The maximum atomic E-state index is 12.2. The van der Waals surface area contributed by atoms with E-state index in [1.807, 2.05) is 0 Å². The van der Waals surface area contributed by atoms with Gasteiger partial charge in [0, 0.05) is 13.0 Å². The molecule has 4 heteroatoms. The smallest absolute Gasteiger partial charge is 0.326 e. The maximum Gasteiger partial charge on any atom is 0.326 e. The van der Waals surface area contributed by atoms with E-state index in [-0.39, 0.29) is 5.91 Å². The summed E-state index contributed by atoms with van der Waals surface area (Å²) in [4.78, 5) is 24.9. The van der Waals surface area contributed by atoms with Crippen molar-refractivity contribution in [3.63, 3.8) is 0 Å². The molecule has 0 aromatic heterocycles. The molecule has 1 aliphatic heterocycles. The number of hydrogen-bond acceptors (Lipinski definition) is 2. The molecule has 1 heterocycles. The lowest BCUT2D eigenvalue weighted by atomic mass is 10.0. The van der Waals surface area contributed by atoms with E-state index in [1.54, 1.807) is 10.5 Å². The minimum absolute atomic E-state index is 0.0197. The van der Waals surface area contributed by atoms with Crippen molar-refractivity contribution in [1.29, 1.82) is 0 Å². The minimum atomic E-state index is -0.860. The van der Waals surface area contributed by atoms with Gasteiger partial charge in [0.25, 0.3) is 0 Å². The van der Waals surface area contributed by atoms with Crippen LogP contribution in [0, 0.1) is 0 Å². The lowest BCUT2D eigenvalue weighted by Gasteiger charge is -2.21. The molecule has 0 aromatic rings. The van der Waals surface area contributed by atoms with Crippen LogP contribution in [0.25, 0.3) is 0 Å². The summed E-state index contributed by atoms with van der Waals surface area (Å²) in [6.07, 6.45) is 19.4. The molecule has 0 saturated carbocycles. The molecule has 1 rings (SSSR count). The van der Waals surface area contributed by atoms with Crippen molar-refractivity contribution in [3.05, 3.63) is 23.3 Å². The summed E-state index contributed by atoms with van der Waals surface area (Å²) in [5.74, 6) is -0.840. The number of allylic oxidation sites excluding steroid dienone is 4. The zero-order valence-electron chi connectivity index (χ0n) is 19.0. The van der Waals surface area contributed by atoms with Gasteiger partial charge in [-0.1, -0.05) is 62.3 Å². The monoisotopic (exact) mass is 405 g/mol. The number of hydrogen-bond donors (Lipinski definition) is 1. The summed E-state index contributed by atoms with van der Waals surface area (Å²) in [7, 11) is 0. The first-order valence-corrected chi connectivity index (χ1v) is 11.8. The van der Waals surface area contributed by atoms with E-state index in [0.717, 1.165) is 38.5 Å². The van der Waals surface area contributed by atoms with Gasteiger partial charge in [0.15, 0.2) is 0 Å². The first kappa shape index (κ1) is 25.5. The molecule has 4 nitrogen and oxygen atoms in total. The van der Waals surface area contributed by atoms with Crippen LogP contribution in [0.3, 0.4) is 0 Å². The third kappa shape index (κ3) is 10.7. The largest absolute Gasteiger partial charge is 0.480 e. The van der Waals surface area contributed by atoms with E-state index in [9.17, 15) is 9.59 Å². The van der Waals surface area contributed by atoms with Crippen LogP contribution >= 0.6 is 0 Å². The highest BCUT2D eigenvalue weighted by molar-refractivity contribution is 5.84. The average molecular weight is 406 g/mol. The summed E-state index contributed by atoms with van der Waals surface area (Å²) in [5.41, 5.74) is 3.08. The van der Waals surface area contributed by atoms with Gasteiger partial charge in [-0.3, -0.25) is 4.79 Å². The van der Waals surface area contributed by atoms with E-state index in [4.69, 9.17) is 5.11 Å². The normalized spacial score (nSPS) is 17.8. The number of aliphatic carboxylic acids is 1. The molecule has 1 fully saturated rings. The zero-order valence-corrected chi connectivity index (χ0v) is 19.0. The first-order chi connectivity index (χ1) is 14.0. The minimum Gasteiger partial charge on any atom is -0.480 e. The summed E-state index contributed by atoms with van der Waals surface area (Å²) in [5, 5.41) is 9.16. The number of carboxylic acid groups (broad SMARTS) is 1. The fourth-order valence-electron chi connectivity index (χ4n) is 3.94. The predicted molar refractivity (Wildman–Crippen MR) is 121 cm³/mol. The van der Waals surface area contributed by atoms with Crippen LogP contribution in [0.4, 0.5) is 0 Å². The van der Waals surface area contributed by atoms with Gasteiger partial charge in [0.2, 0.25) is 5.91 Å². The van der Waals surface area contributed by atoms with Crippen LogP contribution in [0.1, 0.15) is 111 Å². The second kappa shape index (κ2) is 15.3. The summed E-state index contributed by atoms with van der Waals surface area (Å²) < 4.78 is 0. The molecule has 1 amide bonds. The second-order valence-corrected chi connectivity index (χ2v) is 8.58. The maximum absolute atomic E-state index is 12.2. The summed E-state index contributed by atoms with van der Waals surface area (Å²) in [6, 6.07) is -0.590. The highest BCUT2D eigenvalue weighted by Crippen LogP contribution is 2.20. The molecule has 1 N–H and O–H groups in total. The number of nitrogens with zero attached hydrogens (tertiary/aromatic N) is 1. The Hall–Kier alpha value is -1.58. The molecule has 1 atom stereocenters. The molecule has 29 heavy (non-hydrogen) atoms. The predicted octanol–water partition coefficient (Wildman–Crippen LogP) is 6.66. The first-order valence-electron chi connectivity index (χ1n) is 11.8. The van der Waals surface area contributed by atoms with Gasteiger partial charge < -0.3 is 10.0 Å². The number of rotatable bonds is 15. The lowest BCUT2D eigenvalue weighted by molar-refractivity contribution is -0.148. The van der Waals surface area contributed by atoms with E-state index >= 15 is 0 Å². The summed E-state index contributed by atoms with van der Waals surface area (Å²) in [6.45, 7) is 7.39. The molecule has 1 aliphatic rings. The van der Waals surface area contributed by atoms with Gasteiger partial charge >= 0.3 is 5.97 Å². The third-order valence-corrected chi connectivity index (χ3v) is 6.09. The van der Waals surface area contributed by atoms with E-state index in [2.05, 4.69) is 32.9 Å². The van der Waals surface area contributed by atoms with Crippen LogP contribution in [-0.4, -0.2) is 34.5 Å². The summed E-state index contributed by atoms with van der Waals surface area (Å²) >= 11 is 0. The molecule has 1 saturated heterocycles. The fraction of sp³-hybridized carbons (Fsp3) is 0.760. The van der Waals surface area contributed by atoms with Gasteiger partial charge in [0.05, 0.1) is 0 Å². The Kier molecular flexibility index (Phi) is 13.4. The third-order valence-electron chi connectivity index (χ3n) is 6.09. The molecule has 0 spiro atoms. The van der Waals surface area contributed by atoms with Crippen molar-refractivity contribution in [2.24, 2.45) is 0 Å². The number of carbonyl (C=O) groups excluding carboxylic acids is 1. The van der Waals surface area contributed by atoms with Gasteiger partial charge in [-0.2, -0.15) is 0 Å². The van der Waals surface area contributed by atoms with Crippen LogP contribution in [0.15, 0.2) is 23.3 Å². The van der Waals surface area contributed by atoms with Gasteiger partial charge in [-0.15, -0.1) is 0 Å². The van der Waals surface area contributed by atoms with Crippen LogP contribution < -0.4 is 0 Å². The topological polar surface area (TPSA) is 57.6 Å². The molecule has 0 radical (unpaired) electrons. The molecular formula is C25H43NO3. The van der Waals surface area contributed by atoms with E-state index < -0.39 is 12.0 Å². The van der Waals surface area contributed by atoms with Crippen molar-refractivity contribution in [2.45, 2.75) is 117 Å². The lowest BCUT2D eigenvalue weighted by Crippen LogP contribution is -2.40. The van der Waals surface area contributed by atoms with Crippen LogP contribution in [-0.2, 0) is 9.59 Å². The average Bonchev–Trinajstić information content (AvgIpc) is 3.19. The highest BCUT2D eigenvalue weighted by Gasteiger charge is 2.33. The highest BCUT2D eigenvalue weighted by atomic mass is 16.4. The Morgan fingerprint density at radius 3 is 2.34 bits per heavy atom. The fourth-order valence-corrected chi connectivity index (χ4v) is 3.94. The molecule has 0 aromatic carbocycles.